The predicted molar refractivity (Wildman–Crippen MR) is 98.1 cm³/mol. The van der Waals surface area contributed by atoms with Crippen molar-refractivity contribution in [3.05, 3.63) is 70.9 Å². The molecule has 1 aromatic heterocycles. The highest BCUT2D eigenvalue weighted by atomic mass is 19.1. The summed E-state index contributed by atoms with van der Waals surface area (Å²) in [7, 11) is 0. The van der Waals surface area contributed by atoms with Crippen LogP contribution in [0.15, 0.2) is 47.0 Å². The van der Waals surface area contributed by atoms with Gasteiger partial charge in [0, 0.05) is 18.5 Å². The van der Waals surface area contributed by atoms with Gasteiger partial charge in [0.25, 0.3) is 0 Å². The number of rotatable bonds is 4. The monoisotopic (exact) mass is 365 g/mol. The maximum atomic E-state index is 13.1. The van der Waals surface area contributed by atoms with Gasteiger partial charge in [0.05, 0.1) is 0 Å². The Bertz CT molecular complexity index is 981. The van der Waals surface area contributed by atoms with E-state index in [0.29, 0.717) is 31.1 Å². The van der Waals surface area contributed by atoms with Gasteiger partial charge in [-0.1, -0.05) is 29.4 Å². The van der Waals surface area contributed by atoms with Crippen LogP contribution in [0.25, 0.3) is 11.4 Å². The van der Waals surface area contributed by atoms with Crippen LogP contribution >= 0.6 is 0 Å². The fourth-order valence-electron chi connectivity index (χ4n) is 3.34. The molecule has 0 aliphatic carbocycles. The van der Waals surface area contributed by atoms with Gasteiger partial charge in [0.2, 0.25) is 17.6 Å². The number of benzene rings is 2. The van der Waals surface area contributed by atoms with Gasteiger partial charge in [-0.3, -0.25) is 4.79 Å². The lowest BCUT2D eigenvalue weighted by Gasteiger charge is -2.22. The lowest BCUT2D eigenvalue weighted by Crippen LogP contribution is -2.27. The second-order valence-electron chi connectivity index (χ2n) is 6.96. The van der Waals surface area contributed by atoms with Crippen molar-refractivity contribution in [3.8, 4) is 11.4 Å². The highest BCUT2D eigenvalue weighted by molar-refractivity contribution is 5.78. The molecule has 1 fully saturated rings. The third-order valence-electron chi connectivity index (χ3n) is 5.09. The van der Waals surface area contributed by atoms with E-state index in [0.717, 1.165) is 16.7 Å². The van der Waals surface area contributed by atoms with E-state index in [2.05, 4.69) is 17.1 Å². The largest absolute Gasteiger partial charge is 0.337 e. The van der Waals surface area contributed by atoms with Gasteiger partial charge in [-0.25, -0.2) is 4.39 Å². The van der Waals surface area contributed by atoms with Crippen LogP contribution in [0.3, 0.4) is 0 Å². The standard InChI is InChI=1S/C21H20FN3O2/c1-13-3-6-16(11-14(13)2)20-23-21(27-24-20)18-9-10-19(26)25(18)12-15-4-7-17(22)8-5-15/h3-8,11,18H,9-10,12H2,1-2H3. The van der Waals surface area contributed by atoms with Gasteiger partial charge in [-0.15, -0.1) is 0 Å². The summed E-state index contributed by atoms with van der Waals surface area (Å²) in [4.78, 5) is 18.6. The van der Waals surface area contributed by atoms with E-state index in [1.807, 2.05) is 25.1 Å². The summed E-state index contributed by atoms with van der Waals surface area (Å²) in [5, 5.41) is 4.11. The minimum Gasteiger partial charge on any atom is -0.337 e. The van der Waals surface area contributed by atoms with E-state index in [-0.39, 0.29) is 17.8 Å². The third-order valence-corrected chi connectivity index (χ3v) is 5.09. The molecule has 1 aliphatic rings. The molecule has 5 nitrogen and oxygen atoms in total. The van der Waals surface area contributed by atoms with Crippen LogP contribution in [0, 0.1) is 19.7 Å². The van der Waals surface area contributed by atoms with Crippen molar-refractivity contribution in [1.29, 1.82) is 0 Å². The Balaban J connectivity index is 1.58. The van der Waals surface area contributed by atoms with Crippen molar-refractivity contribution >= 4 is 5.91 Å². The maximum Gasteiger partial charge on any atom is 0.249 e. The van der Waals surface area contributed by atoms with Crippen LogP contribution in [0.2, 0.25) is 0 Å². The van der Waals surface area contributed by atoms with Crippen molar-refractivity contribution in [2.45, 2.75) is 39.3 Å². The average molecular weight is 365 g/mol. The molecule has 0 saturated carbocycles. The van der Waals surface area contributed by atoms with E-state index in [1.165, 1.54) is 17.7 Å². The molecule has 3 aromatic rings. The Kier molecular flexibility index (Phi) is 4.48. The molecule has 1 aliphatic heterocycles. The lowest BCUT2D eigenvalue weighted by atomic mass is 10.1. The highest BCUT2D eigenvalue weighted by Crippen LogP contribution is 2.34. The van der Waals surface area contributed by atoms with Crippen LogP contribution in [-0.2, 0) is 11.3 Å². The van der Waals surface area contributed by atoms with E-state index in [4.69, 9.17) is 4.52 Å². The van der Waals surface area contributed by atoms with Crippen molar-refractivity contribution in [3.63, 3.8) is 0 Å². The van der Waals surface area contributed by atoms with Gasteiger partial charge in [0.15, 0.2) is 0 Å². The maximum absolute atomic E-state index is 13.1. The molecule has 0 N–H and O–H groups in total. The van der Waals surface area contributed by atoms with Gasteiger partial charge in [-0.05, 0) is 55.2 Å². The fourth-order valence-corrected chi connectivity index (χ4v) is 3.34. The zero-order valence-corrected chi connectivity index (χ0v) is 15.3. The lowest BCUT2D eigenvalue weighted by molar-refractivity contribution is -0.129. The van der Waals surface area contributed by atoms with Crippen LogP contribution in [0.5, 0.6) is 0 Å². The summed E-state index contributed by atoms with van der Waals surface area (Å²) in [5.41, 5.74) is 4.12. The zero-order chi connectivity index (χ0) is 19.0. The molecule has 1 atom stereocenters. The van der Waals surface area contributed by atoms with Gasteiger partial charge >= 0.3 is 0 Å². The second kappa shape index (κ2) is 6.95. The topological polar surface area (TPSA) is 59.2 Å². The molecule has 0 radical (unpaired) electrons. The number of nitrogens with zero attached hydrogens (tertiary/aromatic N) is 3. The average Bonchev–Trinajstić information content (AvgIpc) is 3.27. The summed E-state index contributed by atoms with van der Waals surface area (Å²) in [6, 6.07) is 11.9. The Labute approximate surface area is 156 Å². The summed E-state index contributed by atoms with van der Waals surface area (Å²) in [6.07, 6.45) is 1.07. The molecule has 27 heavy (non-hydrogen) atoms. The Hall–Kier alpha value is -3.02. The van der Waals surface area contributed by atoms with E-state index in [1.54, 1.807) is 17.0 Å². The van der Waals surface area contributed by atoms with Crippen molar-refractivity contribution in [2.75, 3.05) is 0 Å². The van der Waals surface area contributed by atoms with Gasteiger partial charge < -0.3 is 9.42 Å². The minimum absolute atomic E-state index is 0.0373. The van der Waals surface area contributed by atoms with Crippen LogP contribution in [0.1, 0.15) is 41.5 Å². The number of carbonyl (C=O) groups excluding carboxylic acids is 1. The summed E-state index contributed by atoms with van der Waals surface area (Å²) < 4.78 is 18.6. The predicted octanol–water partition coefficient (Wildman–Crippen LogP) is 4.36. The second-order valence-corrected chi connectivity index (χ2v) is 6.96. The van der Waals surface area contributed by atoms with E-state index >= 15 is 0 Å². The number of hydrogen-bond acceptors (Lipinski definition) is 4. The first-order valence-electron chi connectivity index (χ1n) is 8.96. The van der Waals surface area contributed by atoms with E-state index in [9.17, 15) is 9.18 Å². The van der Waals surface area contributed by atoms with E-state index < -0.39 is 0 Å². The SMILES string of the molecule is Cc1ccc(-c2noc(C3CCC(=O)N3Cc3ccc(F)cc3)n2)cc1C. The first kappa shape index (κ1) is 17.4. The summed E-state index contributed by atoms with van der Waals surface area (Å²) in [6.45, 7) is 4.49. The quantitative estimate of drug-likeness (QED) is 0.689. The molecule has 4 rings (SSSR count). The number of halogens is 1. The van der Waals surface area contributed by atoms with Crippen LogP contribution in [0.4, 0.5) is 4.39 Å². The van der Waals surface area contributed by atoms with Crippen molar-refractivity contribution < 1.29 is 13.7 Å². The van der Waals surface area contributed by atoms with Gasteiger partial charge in [-0.2, -0.15) is 4.98 Å². The molecule has 0 spiro atoms. The Morgan fingerprint density at radius 1 is 1.15 bits per heavy atom. The molecule has 6 heteroatoms. The molecule has 1 amide bonds. The molecule has 138 valence electrons. The number of carbonyl (C=O) groups is 1. The normalized spacial score (nSPS) is 16.9. The molecule has 1 saturated heterocycles. The van der Waals surface area contributed by atoms with Gasteiger partial charge in [0.1, 0.15) is 11.9 Å². The van der Waals surface area contributed by atoms with Crippen LogP contribution < -0.4 is 0 Å². The van der Waals surface area contributed by atoms with Crippen LogP contribution in [-0.4, -0.2) is 20.9 Å². The number of hydrogen-bond donors (Lipinski definition) is 0. The Morgan fingerprint density at radius 2 is 1.93 bits per heavy atom. The first-order chi connectivity index (χ1) is 13.0. The number of aryl methyl sites for hydroxylation is 2. The number of aromatic nitrogens is 2. The third kappa shape index (κ3) is 3.47. The molecule has 2 heterocycles. The molecular weight excluding hydrogens is 345 g/mol. The smallest absolute Gasteiger partial charge is 0.249 e. The minimum atomic E-state index is -0.294. The molecule has 2 aromatic carbocycles. The highest BCUT2D eigenvalue weighted by Gasteiger charge is 2.36. The van der Waals surface area contributed by atoms with Crippen molar-refractivity contribution in [2.24, 2.45) is 0 Å². The zero-order valence-electron chi connectivity index (χ0n) is 15.3. The summed E-state index contributed by atoms with van der Waals surface area (Å²) >= 11 is 0. The number of amides is 1. The number of likely N-dealkylation sites (tertiary alicyclic amines) is 1. The van der Waals surface area contributed by atoms with Crippen molar-refractivity contribution in [1.82, 2.24) is 15.0 Å². The Morgan fingerprint density at radius 3 is 2.67 bits per heavy atom. The molecule has 1 unspecified atom stereocenters. The molecule has 0 bridgehead atoms. The molecular formula is C21H20FN3O2. The first-order valence-corrected chi connectivity index (χ1v) is 8.96. The summed E-state index contributed by atoms with van der Waals surface area (Å²) in [5.74, 6) is 0.707. The fraction of sp³-hybridized carbons (Fsp3) is 0.286.